The number of rotatable bonds is 12. The summed E-state index contributed by atoms with van der Waals surface area (Å²) in [6.07, 6.45) is 14.7. The van der Waals surface area contributed by atoms with Gasteiger partial charge in [0.1, 0.15) is 0 Å². The van der Waals surface area contributed by atoms with Crippen molar-refractivity contribution in [1.29, 1.82) is 0 Å². The maximum atomic E-state index is 6.55. The van der Waals surface area contributed by atoms with Crippen molar-refractivity contribution in [2.75, 3.05) is 13.2 Å². The zero-order valence-electron chi connectivity index (χ0n) is 15.7. The van der Waals surface area contributed by atoms with E-state index in [4.69, 9.17) is 9.47 Å². The molecule has 1 aliphatic heterocycles. The normalized spacial score (nSPS) is 20.2. The molecule has 1 heterocycles. The summed E-state index contributed by atoms with van der Waals surface area (Å²) in [6, 6.07) is 0. The molecule has 1 rings (SSSR count). The van der Waals surface area contributed by atoms with E-state index in [1.54, 1.807) is 0 Å². The van der Waals surface area contributed by atoms with Crippen LogP contribution < -0.4 is 0 Å². The van der Waals surface area contributed by atoms with Gasteiger partial charge in [0, 0.05) is 0 Å². The van der Waals surface area contributed by atoms with Crippen LogP contribution in [0.1, 0.15) is 105 Å². The Labute approximate surface area is 139 Å². The summed E-state index contributed by atoms with van der Waals surface area (Å²) >= 11 is 0. The first-order valence-electron chi connectivity index (χ1n) is 9.98. The van der Waals surface area contributed by atoms with Gasteiger partial charge in [0.2, 0.25) is 0 Å². The van der Waals surface area contributed by atoms with Gasteiger partial charge < -0.3 is 9.47 Å². The fourth-order valence-corrected chi connectivity index (χ4v) is 4.04. The summed E-state index contributed by atoms with van der Waals surface area (Å²) in [5.74, 6) is 0. The van der Waals surface area contributed by atoms with Gasteiger partial charge in [-0.1, -0.05) is 79.1 Å². The first-order valence-corrected chi connectivity index (χ1v) is 9.98. The average Bonchev–Trinajstić information content (AvgIpc) is 2.56. The van der Waals surface area contributed by atoms with E-state index >= 15 is 0 Å². The van der Waals surface area contributed by atoms with E-state index in [0.29, 0.717) is 0 Å². The van der Waals surface area contributed by atoms with Gasteiger partial charge in [0.05, 0.1) is 24.4 Å². The Bertz CT molecular complexity index is 231. The summed E-state index contributed by atoms with van der Waals surface area (Å²) in [5.41, 5.74) is -0.0524. The molecule has 1 saturated heterocycles. The minimum atomic E-state index is -0.0262. The van der Waals surface area contributed by atoms with E-state index in [0.717, 1.165) is 13.2 Å². The Hall–Kier alpha value is -0.0800. The summed E-state index contributed by atoms with van der Waals surface area (Å²) in [7, 11) is 0. The number of unbranched alkanes of at least 4 members (excludes halogenated alkanes) is 4. The van der Waals surface area contributed by atoms with Crippen LogP contribution in [0.4, 0.5) is 0 Å². The van der Waals surface area contributed by atoms with Crippen molar-refractivity contribution < 1.29 is 9.47 Å². The molecule has 0 unspecified atom stereocenters. The molecule has 22 heavy (non-hydrogen) atoms. The second-order valence-corrected chi connectivity index (χ2v) is 7.10. The lowest BCUT2D eigenvalue weighted by Gasteiger charge is -2.54. The third-order valence-electron chi connectivity index (χ3n) is 5.41. The van der Waals surface area contributed by atoms with E-state index in [-0.39, 0.29) is 11.2 Å². The van der Waals surface area contributed by atoms with Gasteiger partial charge in [-0.25, -0.2) is 0 Å². The molecule has 1 aliphatic rings. The molecule has 0 saturated carbocycles. The predicted octanol–water partition coefficient (Wildman–Crippen LogP) is 6.27. The van der Waals surface area contributed by atoms with Crippen molar-refractivity contribution in [3.63, 3.8) is 0 Å². The predicted molar refractivity (Wildman–Crippen MR) is 95.5 cm³/mol. The second-order valence-electron chi connectivity index (χ2n) is 7.10. The molecule has 0 spiro atoms. The molecule has 0 radical (unpaired) electrons. The van der Waals surface area contributed by atoms with Gasteiger partial charge in [-0.05, 0) is 25.7 Å². The lowest BCUT2D eigenvalue weighted by atomic mass is 9.69. The van der Waals surface area contributed by atoms with Crippen molar-refractivity contribution in [3.8, 4) is 0 Å². The van der Waals surface area contributed by atoms with Gasteiger partial charge in [-0.3, -0.25) is 0 Å². The summed E-state index contributed by atoms with van der Waals surface area (Å²) in [4.78, 5) is 0. The molecule has 0 aromatic heterocycles. The van der Waals surface area contributed by atoms with Crippen molar-refractivity contribution in [2.24, 2.45) is 0 Å². The smallest absolute Gasteiger partial charge is 0.0971 e. The fourth-order valence-electron chi connectivity index (χ4n) is 4.04. The zero-order valence-corrected chi connectivity index (χ0v) is 15.7. The Morgan fingerprint density at radius 3 is 1.05 bits per heavy atom. The van der Waals surface area contributed by atoms with Gasteiger partial charge in [0.25, 0.3) is 0 Å². The van der Waals surface area contributed by atoms with E-state index in [1.807, 2.05) is 0 Å². The van der Waals surface area contributed by atoms with Crippen LogP contribution in [-0.2, 0) is 9.47 Å². The van der Waals surface area contributed by atoms with Gasteiger partial charge in [-0.2, -0.15) is 0 Å². The molecule has 0 bridgehead atoms. The standard InChI is InChI=1S/C20H40O2/c1-5-9-13-19(14-10-6-2)20(15-11-7-3,16-12-8-4)22-18-17-21-19/h5-18H2,1-4H3. The molecule has 1 fully saturated rings. The van der Waals surface area contributed by atoms with E-state index in [2.05, 4.69) is 27.7 Å². The van der Waals surface area contributed by atoms with Crippen LogP contribution in [0.3, 0.4) is 0 Å². The van der Waals surface area contributed by atoms with Crippen LogP contribution in [0.2, 0.25) is 0 Å². The Morgan fingerprint density at radius 1 is 0.545 bits per heavy atom. The molecule has 0 aromatic rings. The molecule has 132 valence electrons. The Morgan fingerprint density at radius 2 is 0.818 bits per heavy atom. The third kappa shape index (κ3) is 4.96. The SMILES string of the molecule is CCCCC1(CCCC)OCCOC1(CCCC)CCCC. The first-order chi connectivity index (χ1) is 10.7. The summed E-state index contributed by atoms with van der Waals surface area (Å²) in [5, 5.41) is 0. The Balaban J connectivity index is 3.03. The van der Waals surface area contributed by atoms with E-state index in [9.17, 15) is 0 Å². The number of hydrogen-bond donors (Lipinski definition) is 0. The van der Waals surface area contributed by atoms with Crippen LogP contribution in [0.5, 0.6) is 0 Å². The highest BCUT2D eigenvalue weighted by molar-refractivity contribution is 5.04. The lowest BCUT2D eigenvalue weighted by molar-refractivity contribution is -0.273. The van der Waals surface area contributed by atoms with E-state index < -0.39 is 0 Å². The lowest BCUT2D eigenvalue weighted by Crippen LogP contribution is -2.61. The van der Waals surface area contributed by atoms with Crippen LogP contribution >= 0.6 is 0 Å². The quantitative estimate of drug-likeness (QED) is 0.422. The number of hydrogen-bond acceptors (Lipinski definition) is 2. The highest BCUT2D eigenvalue weighted by Gasteiger charge is 2.53. The molecule has 2 nitrogen and oxygen atoms in total. The molecule has 0 aromatic carbocycles. The van der Waals surface area contributed by atoms with Gasteiger partial charge >= 0.3 is 0 Å². The highest BCUT2D eigenvalue weighted by Crippen LogP contribution is 2.47. The minimum Gasteiger partial charge on any atom is -0.370 e. The molecular weight excluding hydrogens is 272 g/mol. The minimum absolute atomic E-state index is 0.0262. The number of ether oxygens (including phenoxy) is 2. The first kappa shape index (κ1) is 20.0. The largest absolute Gasteiger partial charge is 0.370 e. The molecular formula is C20H40O2. The van der Waals surface area contributed by atoms with Crippen LogP contribution in [0.25, 0.3) is 0 Å². The molecule has 0 atom stereocenters. The van der Waals surface area contributed by atoms with Gasteiger partial charge in [-0.15, -0.1) is 0 Å². The van der Waals surface area contributed by atoms with Gasteiger partial charge in [0.15, 0.2) is 0 Å². The molecule has 0 aliphatic carbocycles. The molecule has 0 amide bonds. The fraction of sp³-hybridized carbons (Fsp3) is 1.00. The average molecular weight is 313 g/mol. The van der Waals surface area contributed by atoms with Crippen molar-refractivity contribution in [1.82, 2.24) is 0 Å². The Kier molecular flexibility index (Phi) is 9.66. The van der Waals surface area contributed by atoms with Crippen molar-refractivity contribution >= 4 is 0 Å². The maximum Gasteiger partial charge on any atom is 0.0971 e. The van der Waals surface area contributed by atoms with Crippen molar-refractivity contribution in [3.05, 3.63) is 0 Å². The topological polar surface area (TPSA) is 18.5 Å². The molecule has 2 heteroatoms. The van der Waals surface area contributed by atoms with Crippen LogP contribution in [-0.4, -0.2) is 24.4 Å². The van der Waals surface area contributed by atoms with E-state index in [1.165, 1.54) is 77.0 Å². The third-order valence-corrected chi connectivity index (χ3v) is 5.41. The van der Waals surface area contributed by atoms with Crippen LogP contribution in [0, 0.1) is 0 Å². The van der Waals surface area contributed by atoms with Crippen molar-refractivity contribution in [2.45, 2.75) is 116 Å². The van der Waals surface area contributed by atoms with Crippen LogP contribution in [0.15, 0.2) is 0 Å². The molecule has 0 N–H and O–H groups in total. The maximum absolute atomic E-state index is 6.55. The second kappa shape index (κ2) is 10.6. The monoisotopic (exact) mass is 312 g/mol. The zero-order chi connectivity index (χ0) is 16.3. The highest BCUT2D eigenvalue weighted by atomic mass is 16.6. The summed E-state index contributed by atoms with van der Waals surface area (Å²) in [6.45, 7) is 10.7. The summed E-state index contributed by atoms with van der Waals surface area (Å²) < 4.78 is 13.1.